The Morgan fingerprint density at radius 2 is 1.85 bits per heavy atom. The summed E-state index contributed by atoms with van der Waals surface area (Å²) in [6.07, 6.45) is -5.90. The number of pyridine rings is 1. The number of thioether (sulfide) groups is 1. The van der Waals surface area contributed by atoms with Crippen molar-refractivity contribution in [3.8, 4) is 11.8 Å². The Bertz CT molecular complexity index is 1170. The van der Waals surface area contributed by atoms with Crippen LogP contribution in [-0.4, -0.2) is 27.8 Å². The van der Waals surface area contributed by atoms with E-state index >= 15 is 0 Å². The van der Waals surface area contributed by atoms with Crippen LogP contribution in [0.3, 0.4) is 0 Å². The molecule has 33 heavy (non-hydrogen) atoms. The summed E-state index contributed by atoms with van der Waals surface area (Å²) in [5.41, 5.74) is -1.24. The SMILES string of the molecule is CCSCC(C#N)(Cc1cc(F)cc(F)c1O)C(F)(F)F.Cc1ccc2c(I)cccc2n1. The minimum atomic E-state index is -4.89. The fourth-order valence-corrected chi connectivity index (χ4v) is 4.49. The van der Waals surface area contributed by atoms with Crippen LogP contribution in [0.15, 0.2) is 42.5 Å². The zero-order chi connectivity index (χ0) is 24.8. The largest absolute Gasteiger partial charge is 0.505 e. The maximum absolute atomic E-state index is 13.2. The molecular formula is C23H20F5IN2OS. The van der Waals surface area contributed by atoms with E-state index < -0.39 is 46.7 Å². The molecule has 0 amide bonds. The number of phenolic OH excluding ortho intramolecular Hbond substituents is 1. The molecule has 3 nitrogen and oxygen atoms in total. The van der Waals surface area contributed by atoms with Crippen LogP contribution >= 0.6 is 34.4 Å². The lowest BCUT2D eigenvalue weighted by Gasteiger charge is -2.29. The number of phenols is 1. The Morgan fingerprint density at radius 3 is 2.45 bits per heavy atom. The fourth-order valence-electron chi connectivity index (χ4n) is 2.94. The van der Waals surface area contributed by atoms with Crippen molar-refractivity contribution in [1.82, 2.24) is 4.98 Å². The lowest BCUT2D eigenvalue weighted by molar-refractivity contribution is -0.194. The molecule has 0 fully saturated rings. The van der Waals surface area contributed by atoms with Crippen molar-refractivity contribution in [3.63, 3.8) is 0 Å². The molecule has 0 spiro atoms. The van der Waals surface area contributed by atoms with E-state index in [1.165, 1.54) is 15.0 Å². The monoisotopic (exact) mass is 594 g/mol. The second-order valence-corrected chi connectivity index (χ2v) is 9.60. The minimum Gasteiger partial charge on any atom is -0.505 e. The van der Waals surface area contributed by atoms with Crippen LogP contribution in [0.25, 0.3) is 10.9 Å². The predicted octanol–water partition coefficient (Wildman–Crippen LogP) is 7.19. The number of hydrogen-bond donors (Lipinski definition) is 1. The number of nitrogens with zero attached hydrogens (tertiary/aromatic N) is 2. The summed E-state index contributed by atoms with van der Waals surface area (Å²) in [5, 5.41) is 19.7. The molecule has 1 unspecified atom stereocenters. The van der Waals surface area contributed by atoms with Gasteiger partial charge in [0.2, 0.25) is 0 Å². The Balaban J connectivity index is 0.000000268. The summed E-state index contributed by atoms with van der Waals surface area (Å²) < 4.78 is 67.2. The molecule has 0 aliphatic rings. The summed E-state index contributed by atoms with van der Waals surface area (Å²) in [5.74, 6) is -3.77. The maximum Gasteiger partial charge on any atom is 0.408 e. The van der Waals surface area contributed by atoms with Crippen molar-refractivity contribution in [2.75, 3.05) is 11.5 Å². The number of halogens is 6. The van der Waals surface area contributed by atoms with Gasteiger partial charge in [-0.15, -0.1) is 0 Å². The number of rotatable bonds is 5. The van der Waals surface area contributed by atoms with Gasteiger partial charge in [0.1, 0.15) is 5.82 Å². The van der Waals surface area contributed by atoms with Crippen molar-refractivity contribution in [2.24, 2.45) is 5.41 Å². The van der Waals surface area contributed by atoms with E-state index in [1.54, 1.807) is 6.92 Å². The van der Waals surface area contributed by atoms with Gasteiger partial charge in [-0.25, -0.2) is 8.78 Å². The quantitative estimate of drug-likeness (QED) is 0.251. The van der Waals surface area contributed by atoms with Crippen LogP contribution in [0.1, 0.15) is 18.2 Å². The summed E-state index contributed by atoms with van der Waals surface area (Å²) in [6.45, 7) is 3.64. The van der Waals surface area contributed by atoms with Crippen molar-refractivity contribution < 1.29 is 27.1 Å². The molecule has 0 aliphatic carbocycles. The van der Waals surface area contributed by atoms with Gasteiger partial charge in [0.15, 0.2) is 17.0 Å². The second-order valence-electron chi connectivity index (χ2n) is 7.16. The fraction of sp³-hybridized carbons (Fsp3) is 0.304. The molecule has 0 radical (unpaired) electrons. The normalized spacial score (nSPS) is 13.1. The van der Waals surface area contributed by atoms with Crippen LogP contribution in [0.2, 0.25) is 0 Å². The first-order chi connectivity index (χ1) is 15.4. The van der Waals surface area contributed by atoms with E-state index in [-0.39, 0.29) is 0 Å². The summed E-state index contributed by atoms with van der Waals surface area (Å²) in [6, 6.07) is 12.5. The van der Waals surface area contributed by atoms with Gasteiger partial charge in [0.05, 0.1) is 11.6 Å². The Hall–Kier alpha value is -2.13. The average molecular weight is 594 g/mol. The third kappa shape index (κ3) is 6.69. The first kappa shape index (κ1) is 27.1. The highest BCUT2D eigenvalue weighted by Gasteiger charge is 2.55. The molecule has 1 N–H and O–H groups in total. The van der Waals surface area contributed by atoms with Crippen molar-refractivity contribution >= 4 is 45.3 Å². The Morgan fingerprint density at radius 1 is 1.15 bits per heavy atom. The highest BCUT2D eigenvalue weighted by Crippen LogP contribution is 2.44. The van der Waals surface area contributed by atoms with Gasteiger partial charge in [-0.2, -0.15) is 30.2 Å². The summed E-state index contributed by atoms with van der Waals surface area (Å²) in [4.78, 5) is 4.43. The Labute approximate surface area is 206 Å². The van der Waals surface area contributed by atoms with Crippen molar-refractivity contribution in [3.05, 3.63) is 68.9 Å². The van der Waals surface area contributed by atoms with Crippen LogP contribution in [-0.2, 0) is 6.42 Å². The number of hydrogen-bond acceptors (Lipinski definition) is 4. The molecule has 10 heteroatoms. The van der Waals surface area contributed by atoms with Gasteiger partial charge >= 0.3 is 6.18 Å². The molecular weight excluding hydrogens is 574 g/mol. The smallest absolute Gasteiger partial charge is 0.408 e. The maximum atomic E-state index is 13.2. The standard InChI is InChI=1S/C13H12F5NOS.C10H8IN/c1-2-21-7-12(6-19,13(16,17)18)5-8-3-9(14)4-10(15)11(8)20;1-7-5-6-8-9(11)3-2-4-10(8)12-7/h3-4,20H,2,5,7H2,1H3;2-6H,1H3. The van der Waals surface area contributed by atoms with E-state index in [9.17, 15) is 27.1 Å². The van der Waals surface area contributed by atoms with Gasteiger partial charge < -0.3 is 5.11 Å². The minimum absolute atomic E-state index is 0.350. The predicted molar refractivity (Wildman–Crippen MR) is 128 cm³/mol. The lowest BCUT2D eigenvalue weighted by Crippen LogP contribution is -2.41. The van der Waals surface area contributed by atoms with Gasteiger partial charge in [-0.05, 0) is 65.6 Å². The van der Waals surface area contributed by atoms with Crippen LogP contribution in [0.5, 0.6) is 5.75 Å². The van der Waals surface area contributed by atoms with Gasteiger partial charge in [-0.1, -0.05) is 13.0 Å². The number of benzene rings is 2. The number of alkyl halides is 3. The number of aryl methyl sites for hydroxylation is 1. The highest BCUT2D eigenvalue weighted by atomic mass is 127. The molecule has 0 bridgehead atoms. The first-order valence-electron chi connectivity index (χ1n) is 9.68. The number of nitriles is 1. The van der Waals surface area contributed by atoms with Gasteiger partial charge in [-0.3, -0.25) is 4.98 Å². The third-order valence-corrected chi connectivity index (χ3v) is 6.77. The van der Waals surface area contributed by atoms with Crippen molar-refractivity contribution in [1.29, 1.82) is 5.26 Å². The zero-order valence-electron chi connectivity index (χ0n) is 17.7. The molecule has 1 atom stereocenters. The van der Waals surface area contributed by atoms with Crippen molar-refractivity contribution in [2.45, 2.75) is 26.4 Å². The molecule has 0 saturated carbocycles. The molecule has 2 aromatic carbocycles. The van der Waals surface area contributed by atoms with Crippen LogP contribution in [0.4, 0.5) is 22.0 Å². The third-order valence-electron chi connectivity index (χ3n) is 4.73. The lowest BCUT2D eigenvalue weighted by atomic mass is 9.83. The van der Waals surface area contributed by atoms with E-state index in [0.717, 1.165) is 23.0 Å². The second kappa shape index (κ2) is 11.3. The molecule has 3 rings (SSSR count). The molecule has 1 heterocycles. The molecule has 0 saturated heterocycles. The number of aromatic hydroxyl groups is 1. The van der Waals surface area contributed by atoms with E-state index in [0.29, 0.717) is 17.9 Å². The topological polar surface area (TPSA) is 56.9 Å². The van der Waals surface area contributed by atoms with E-state index in [2.05, 4.69) is 39.7 Å². The van der Waals surface area contributed by atoms with Crippen LogP contribution in [0, 0.1) is 38.9 Å². The molecule has 0 aliphatic heterocycles. The van der Waals surface area contributed by atoms with E-state index in [4.69, 9.17) is 5.26 Å². The van der Waals surface area contributed by atoms with E-state index in [1.807, 2.05) is 25.1 Å². The van der Waals surface area contributed by atoms with Gasteiger partial charge in [0.25, 0.3) is 0 Å². The number of aromatic nitrogens is 1. The average Bonchev–Trinajstić information content (AvgIpc) is 2.74. The number of fused-ring (bicyclic) bond motifs is 1. The Kier molecular flexibility index (Phi) is 9.31. The highest BCUT2D eigenvalue weighted by molar-refractivity contribution is 14.1. The van der Waals surface area contributed by atoms with Gasteiger partial charge in [0, 0.05) is 38.5 Å². The first-order valence-corrected chi connectivity index (χ1v) is 11.9. The summed E-state index contributed by atoms with van der Waals surface area (Å²) >= 11 is 3.22. The molecule has 176 valence electrons. The van der Waals surface area contributed by atoms with Crippen LogP contribution < -0.4 is 0 Å². The summed E-state index contributed by atoms with van der Waals surface area (Å²) in [7, 11) is 0. The molecule has 1 aromatic heterocycles. The zero-order valence-corrected chi connectivity index (χ0v) is 20.7. The molecule has 3 aromatic rings.